The number of hydrogen-bond donors (Lipinski definition) is 3. The molecular formula is C15H26N4O5. The number of nitrogens with one attached hydrogen (secondary N) is 2. The molecule has 2 rings (SSSR count). The van der Waals surface area contributed by atoms with E-state index in [9.17, 15) is 14.4 Å². The quantitative estimate of drug-likeness (QED) is 0.659. The van der Waals surface area contributed by atoms with E-state index in [4.69, 9.17) is 9.84 Å². The molecule has 0 saturated carbocycles. The molecule has 2 aliphatic heterocycles. The largest absolute Gasteiger partial charge is 0.465 e. The Kier molecular flexibility index (Phi) is 6.65. The molecule has 3 N–H and O–H groups in total. The maximum atomic E-state index is 12.2. The lowest BCUT2D eigenvalue weighted by Gasteiger charge is -2.33. The van der Waals surface area contributed by atoms with Crippen LogP contribution in [0.25, 0.3) is 0 Å². The highest BCUT2D eigenvalue weighted by atomic mass is 16.5. The summed E-state index contributed by atoms with van der Waals surface area (Å²) in [6, 6.07) is -0.669. The summed E-state index contributed by atoms with van der Waals surface area (Å²) >= 11 is 0. The van der Waals surface area contributed by atoms with Gasteiger partial charge in [0.05, 0.1) is 7.11 Å². The summed E-state index contributed by atoms with van der Waals surface area (Å²) < 4.78 is 4.71. The van der Waals surface area contributed by atoms with Gasteiger partial charge in [-0.1, -0.05) is 0 Å². The van der Waals surface area contributed by atoms with Gasteiger partial charge in [0.1, 0.15) is 6.04 Å². The van der Waals surface area contributed by atoms with Gasteiger partial charge in [0.2, 0.25) is 5.91 Å². The lowest BCUT2D eigenvalue weighted by Crippen LogP contribution is -2.59. The van der Waals surface area contributed by atoms with Crippen molar-refractivity contribution in [2.75, 3.05) is 46.4 Å². The SMILES string of the molecule is COC(=O)N1CCC(CCNC(=O)C2CNCCN2C(=O)O)CC1. The van der Waals surface area contributed by atoms with Gasteiger partial charge in [0.15, 0.2) is 0 Å². The zero-order valence-electron chi connectivity index (χ0n) is 14.0. The van der Waals surface area contributed by atoms with Crippen LogP contribution in [-0.4, -0.2) is 85.4 Å². The topological polar surface area (TPSA) is 111 Å². The molecule has 9 heteroatoms. The van der Waals surface area contributed by atoms with Crippen molar-refractivity contribution < 1.29 is 24.2 Å². The average Bonchev–Trinajstić information content (AvgIpc) is 2.61. The molecular weight excluding hydrogens is 316 g/mol. The Hall–Kier alpha value is -2.03. The van der Waals surface area contributed by atoms with Crippen LogP contribution >= 0.6 is 0 Å². The highest BCUT2D eigenvalue weighted by Gasteiger charge is 2.32. The van der Waals surface area contributed by atoms with Crippen LogP contribution < -0.4 is 10.6 Å². The van der Waals surface area contributed by atoms with Gasteiger partial charge in [-0.3, -0.25) is 9.69 Å². The van der Waals surface area contributed by atoms with E-state index in [1.54, 1.807) is 4.90 Å². The number of ether oxygens (including phenoxy) is 1. The van der Waals surface area contributed by atoms with Gasteiger partial charge in [-0.25, -0.2) is 9.59 Å². The number of carboxylic acid groups (broad SMARTS) is 1. The first kappa shape index (κ1) is 18.3. The molecule has 0 bridgehead atoms. The van der Waals surface area contributed by atoms with Crippen LogP contribution in [0.1, 0.15) is 19.3 Å². The fourth-order valence-electron chi connectivity index (χ4n) is 3.22. The van der Waals surface area contributed by atoms with Crippen molar-refractivity contribution in [3.63, 3.8) is 0 Å². The van der Waals surface area contributed by atoms with Crippen LogP contribution in [0, 0.1) is 5.92 Å². The standard InChI is InChI=1S/C15H26N4O5/c1-24-15(23)18-7-3-11(4-8-18)2-5-17-13(20)12-10-16-6-9-19(12)14(21)22/h11-12,16H,2-10H2,1H3,(H,17,20)(H,21,22). The first-order valence-electron chi connectivity index (χ1n) is 8.33. The van der Waals surface area contributed by atoms with Crippen LogP contribution in [0.4, 0.5) is 9.59 Å². The van der Waals surface area contributed by atoms with E-state index in [-0.39, 0.29) is 12.0 Å². The second kappa shape index (κ2) is 8.72. The molecule has 136 valence electrons. The predicted molar refractivity (Wildman–Crippen MR) is 85.7 cm³/mol. The molecule has 1 unspecified atom stereocenters. The van der Waals surface area contributed by atoms with Crippen LogP contribution in [0.15, 0.2) is 0 Å². The first-order chi connectivity index (χ1) is 11.5. The second-order valence-electron chi connectivity index (χ2n) is 6.18. The molecule has 0 aromatic rings. The summed E-state index contributed by atoms with van der Waals surface area (Å²) in [5, 5.41) is 15.0. The lowest BCUT2D eigenvalue weighted by molar-refractivity contribution is -0.126. The molecule has 0 aromatic carbocycles. The van der Waals surface area contributed by atoms with Gasteiger partial charge >= 0.3 is 12.2 Å². The third-order valence-corrected chi connectivity index (χ3v) is 4.69. The zero-order chi connectivity index (χ0) is 17.5. The monoisotopic (exact) mass is 342 g/mol. The van der Waals surface area contributed by atoms with Gasteiger partial charge in [-0.15, -0.1) is 0 Å². The minimum atomic E-state index is -1.06. The van der Waals surface area contributed by atoms with Crippen molar-refractivity contribution in [2.24, 2.45) is 5.92 Å². The molecule has 9 nitrogen and oxygen atoms in total. The lowest BCUT2D eigenvalue weighted by atomic mass is 9.94. The summed E-state index contributed by atoms with van der Waals surface area (Å²) in [6.45, 7) is 3.09. The molecule has 0 spiro atoms. The molecule has 2 saturated heterocycles. The van der Waals surface area contributed by atoms with E-state index in [0.717, 1.165) is 19.3 Å². The van der Waals surface area contributed by atoms with Crippen LogP contribution in [-0.2, 0) is 9.53 Å². The maximum Gasteiger partial charge on any atom is 0.409 e. The summed E-state index contributed by atoms with van der Waals surface area (Å²) in [6.07, 6.45) is 1.25. The summed E-state index contributed by atoms with van der Waals surface area (Å²) in [4.78, 5) is 37.7. The average molecular weight is 342 g/mol. The number of nitrogens with zero attached hydrogens (tertiary/aromatic N) is 2. The smallest absolute Gasteiger partial charge is 0.409 e. The fraction of sp³-hybridized carbons (Fsp3) is 0.800. The number of carbonyl (C=O) groups is 3. The van der Waals surface area contributed by atoms with Crippen LogP contribution in [0.3, 0.4) is 0 Å². The number of hydrogen-bond acceptors (Lipinski definition) is 5. The number of rotatable bonds is 4. The molecule has 24 heavy (non-hydrogen) atoms. The van der Waals surface area contributed by atoms with E-state index in [2.05, 4.69) is 10.6 Å². The summed E-state index contributed by atoms with van der Waals surface area (Å²) in [7, 11) is 1.38. The Morgan fingerprint density at radius 1 is 1.25 bits per heavy atom. The van der Waals surface area contributed by atoms with E-state index in [1.807, 2.05) is 0 Å². The van der Waals surface area contributed by atoms with Crippen molar-refractivity contribution in [3.8, 4) is 0 Å². The Morgan fingerprint density at radius 3 is 2.58 bits per heavy atom. The van der Waals surface area contributed by atoms with Crippen LogP contribution in [0.5, 0.6) is 0 Å². The van der Waals surface area contributed by atoms with Crippen LogP contribution in [0.2, 0.25) is 0 Å². The molecule has 2 fully saturated rings. The number of piperidine rings is 1. The van der Waals surface area contributed by atoms with Gasteiger partial charge in [-0.2, -0.15) is 0 Å². The third kappa shape index (κ3) is 4.73. The highest BCUT2D eigenvalue weighted by Crippen LogP contribution is 2.20. The fourth-order valence-corrected chi connectivity index (χ4v) is 3.22. The Balaban J connectivity index is 1.69. The van der Waals surface area contributed by atoms with Crippen molar-refractivity contribution >= 4 is 18.1 Å². The van der Waals surface area contributed by atoms with E-state index < -0.39 is 12.1 Å². The van der Waals surface area contributed by atoms with Gasteiger partial charge < -0.3 is 25.4 Å². The molecule has 2 heterocycles. The van der Waals surface area contributed by atoms with Gasteiger partial charge in [0.25, 0.3) is 0 Å². The Labute approximate surface area is 141 Å². The number of likely N-dealkylation sites (tertiary alicyclic amines) is 1. The number of methoxy groups -OCH3 is 1. The maximum absolute atomic E-state index is 12.2. The van der Waals surface area contributed by atoms with Crippen molar-refractivity contribution in [1.29, 1.82) is 0 Å². The van der Waals surface area contributed by atoms with E-state index >= 15 is 0 Å². The zero-order valence-corrected chi connectivity index (χ0v) is 14.0. The minimum Gasteiger partial charge on any atom is -0.465 e. The molecule has 0 aromatic heterocycles. The first-order valence-corrected chi connectivity index (χ1v) is 8.33. The van der Waals surface area contributed by atoms with Crippen molar-refractivity contribution in [3.05, 3.63) is 0 Å². The molecule has 0 radical (unpaired) electrons. The Bertz CT molecular complexity index is 465. The van der Waals surface area contributed by atoms with Gasteiger partial charge in [0, 0.05) is 39.3 Å². The highest BCUT2D eigenvalue weighted by molar-refractivity contribution is 5.85. The summed E-state index contributed by atoms with van der Waals surface area (Å²) in [5.41, 5.74) is 0. The second-order valence-corrected chi connectivity index (χ2v) is 6.18. The Morgan fingerprint density at radius 2 is 1.96 bits per heavy atom. The van der Waals surface area contributed by atoms with Crippen molar-refractivity contribution in [1.82, 2.24) is 20.4 Å². The number of carbonyl (C=O) groups excluding carboxylic acids is 2. The minimum absolute atomic E-state index is 0.253. The summed E-state index contributed by atoms with van der Waals surface area (Å²) in [5.74, 6) is 0.197. The molecule has 3 amide bonds. The molecule has 1 atom stereocenters. The molecule has 2 aliphatic rings. The van der Waals surface area contributed by atoms with Gasteiger partial charge in [-0.05, 0) is 25.2 Å². The predicted octanol–water partition coefficient (Wildman–Crippen LogP) is -0.0771. The van der Waals surface area contributed by atoms with Crippen molar-refractivity contribution in [2.45, 2.75) is 25.3 Å². The third-order valence-electron chi connectivity index (χ3n) is 4.69. The van der Waals surface area contributed by atoms with E-state index in [0.29, 0.717) is 45.2 Å². The molecule has 0 aliphatic carbocycles. The normalized spacial score (nSPS) is 22.1. The van der Waals surface area contributed by atoms with E-state index in [1.165, 1.54) is 12.0 Å². The number of amides is 3. The number of piperazine rings is 1.